The molecule has 1 saturated heterocycles. The fourth-order valence-corrected chi connectivity index (χ4v) is 2.35. The van der Waals surface area contributed by atoms with Crippen molar-refractivity contribution >= 4 is 28.3 Å². The predicted octanol–water partition coefficient (Wildman–Crippen LogP) is 1.38. The van der Waals surface area contributed by atoms with E-state index in [1.165, 1.54) is 11.1 Å². The van der Waals surface area contributed by atoms with Gasteiger partial charge >= 0.3 is 5.97 Å². The van der Waals surface area contributed by atoms with Gasteiger partial charge in [-0.25, -0.2) is 9.78 Å². The van der Waals surface area contributed by atoms with E-state index in [1.807, 2.05) is 0 Å². The van der Waals surface area contributed by atoms with Gasteiger partial charge in [0.2, 0.25) is 5.91 Å². The van der Waals surface area contributed by atoms with Gasteiger partial charge in [-0.15, -0.1) is 6.58 Å². The number of carbonyl (C=O) groups excluding carboxylic acids is 1. The highest BCUT2D eigenvalue weighted by atomic mass is 32.1. The summed E-state index contributed by atoms with van der Waals surface area (Å²) in [6.07, 6.45) is 3.44. The van der Waals surface area contributed by atoms with Gasteiger partial charge in [0.1, 0.15) is 4.88 Å². The molecule has 2 heterocycles. The molecular formula is C10H10N2O3S. The summed E-state index contributed by atoms with van der Waals surface area (Å²) in [5.74, 6) is -0.920. The minimum absolute atomic E-state index is 0.0313. The molecule has 0 bridgehead atoms. The van der Waals surface area contributed by atoms with E-state index < -0.39 is 5.97 Å². The Morgan fingerprint density at radius 2 is 2.50 bits per heavy atom. The molecular weight excluding hydrogens is 228 g/mol. The van der Waals surface area contributed by atoms with E-state index in [4.69, 9.17) is 5.11 Å². The zero-order valence-corrected chi connectivity index (χ0v) is 9.24. The molecule has 1 aliphatic heterocycles. The van der Waals surface area contributed by atoms with Crippen molar-refractivity contribution in [1.82, 2.24) is 4.98 Å². The van der Waals surface area contributed by atoms with Crippen molar-refractivity contribution < 1.29 is 14.7 Å². The summed E-state index contributed by atoms with van der Waals surface area (Å²) in [6, 6.07) is 0. The number of hydrogen-bond donors (Lipinski definition) is 1. The number of carboxylic acid groups (broad SMARTS) is 1. The largest absolute Gasteiger partial charge is 0.477 e. The second-order valence-electron chi connectivity index (χ2n) is 3.52. The van der Waals surface area contributed by atoms with Crippen LogP contribution >= 0.6 is 11.3 Å². The lowest BCUT2D eigenvalue weighted by Gasteiger charge is -2.11. The third-order valence-electron chi connectivity index (χ3n) is 2.42. The lowest BCUT2D eigenvalue weighted by atomic mass is 10.1. The van der Waals surface area contributed by atoms with Gasteiger partial charge in [0.05, 0.1) is 6.20 Å². The molecule has 1 fully saturated rings. The lowest BCUT2D eigenvalue weighted by Crippen LogP contribution is -2.23. The number of thiazole rings is 1. The van der Waals surface area contributed by atoms with Gasteiger partial charge < -0.3 is 5.11 Å². The molecule has 0 spiro atoms. The Labute approximate surface area is 96.0 Å². The van der Waals surface area contributed by atoms with E-state index in [-0.39, 0.29) is 16.7 Å². The number of aromatic carboxylic acids is 1. The first-order chi connectivity index (χ1) is 7.61. The van der Waals surface area contributed by atoms with Crippen LogP contribution in [0.2, 0.25) is 0 Å². The quantitative estimate of drug-likeness (QED) is 0.807. The minimum atomic E-state index is -1.02. The third kappa shape index (κ3) is 1.83. The fraction of sp³-hybridized carbons (Fsp3) is 0.300. The van der Waals surface area contributed by atoms with Gasteiger partial charge in [0.15, 0.2) is 5.13 Å². The number of rotatable bonds is 3. The van der Waals surface area contributed by atoms with Gasteiger partial charge in [-0.05, 0) is 0 Å². The molecule has 1 aromatic heterocycles. The Hall–Kier alpha value is -1.69. The van der Waals surface area contributed by atoms with Crippen molar-refractivity contribution in [3.8, 4) is 0 Å². The molecule has 0 radical (unpaired) electrons. The van der Waals surface area contributed by atoms with Crippen molar-refractivity contribution in [3.05, 3.63) is 23.7 Å². The number of anilines is 1. The molecule has 6 heteroatoms. The predicted molar refractivity (Wildman–Crippen MR) is 59.7 cm³/mol. The summed E-state index contributed by atoms with van der Waals surface area (Å²) in [5, 5.41) is 9.21. The summed E-state index contributed by atoms with van der Waals surface area (Å²) >= 11 is 1.01. The molecule has 16 heavy (non-hydrogen) atoms. The SMILES string of the molecule is C=CC1CC(=O)N(c2ncc(C(=O)O)s2)C1. The summed E-state index contributed by atoms with van der Waals surface area (Å²) in [7, 11) is 0. The van der Waals surface area contributed by atoms with E-state index in [9.17, 15) is 9.59 Å². The van der Waals surface area contributed by atoms with Crippen LogP contribution in [0.25, 0.3) is 0 Å². The molecule has 1 amide bonds. The third-order valence-corrected chi connectivity index (χ3v) is 3.43. The van der Waals surface area contributed by atoms with Gasteiger partial charge in [-0.3, -0.25) is 9.69 Å². The maximum atomic E-state index is 11.6. The van der Waals surface area contributed by atoms with E-state index >= 15 is 0 Å². The van der Waals surface area contributed by atoms with Crippen molar-refractivity contribution in [2.45, 2.75) is 6.42 Å². The highest BCUT2D eigenvalue weighted by molar-refractivity contribution is 7.17. The van der Waals surface area contributed by atoms with Crippen LogP contribution in [0, 0.1) is 5.92 Å². The summed E-state index contributed by atoms with van der Waals surface area (Å²) < 4.78 is 0. The van der Waals surface area contributed by atoms with Crippen LogP contribution in [-0.2, 0) is 4.79 Å². The minimum Gasteiger partial charge on any atom is -0.477 e. The molecule has 1 unspecified atom stereocenters. The molecule has 84 valence electrons. The number of amides is 1. The zero-order valence-electron chi connectivity index (χ0n) is 8.42. The molecule has 2 rings (SSSR count). The van der Waals surface area contributed by atoms with Crippen LogP contribution in [0.5, 0.6) is 0 Å². The highest BCUT2D eigenvalue weighted by Crippen LogP contribution is 2.29. The summed E-state index contributed by atoms with van der Waals surface area (Å²) in [5.41, 5.74) is 0. The van der Waals surface area contributed by atoms with Gasteiger partial charge in [-0.1, -0.05) is 17.4 Å². The number of carboxylic acids is 1. The molecule has 1 atom stereocenters. The maximum Gasteiger partial charge on any atom is 0.347 e. The van der Waals surface area contributed by atoms with Crippen LogP contribution in [0.3, 0.4) is 0 Å². The van der Waals surface area contributed by atoms with E-state index in [0.29, 0.717) is 18.1 Å². The van der Waals surface area contributed by atoms with Crippen LogP contribution in [-0.4, -0.2) is 28.5 Å². The average molecular weight is 238 g/mol. The highest BCUT2D eigenvalue weighted by Gasteiger charge is 2.30. The fourth-order valence-electron chi connectivity index (χ4n) is 1.57. The second kappa shape index (κ2) is 4.05. The van der Waals surface area contributed by atoms with E-state index in [1.54, 1.807) is 6.08 Å². The molecule has 0 aliphatic carbocycles. The Morgan fingerprint density at radius 3 is 3.00 bits per heavy atom. The van der Waals surface area contributed by atoms with Crippen LogP contribution < -0.4 is 4.90 Å². The Bertz CT molecular complexity index is 455. The Balaban J connectivity index is 2.21. The molecule has 0 aromatic carbocycles. The number of hydrogen-bond acceptors (Lipinski definition) is 4. The number of carbonyl (C=O) groups is 2. The Morgan fingerprint density at radius 1 is 1.75 bits per heavy atom. The van der Waals surface area contributed by atoms with Gasteiger partial charge in [0.25, 0.3) is 0 Å². The van der Waals surface area contributed by atoms with Gasteiger partial charge in [-0.2, -0.15) is 0 Å². The number of nitrogens with zero attached hydrogens (tertiary/aromatic N) is 2. The standard InChI is InChI=1S/C10H10N2O3S/c1-2-6-3-8(13)12(5-6)10-11-4-7(16-10)9(14)15/h2,4,6H,1,3,5H2,(H,14,15). The normalized spacial score (nSPS) is 20.1. The van der Waals surface area contributed by atoms with Crippen LogP contribution in [0.1, 0.15) is 16.1 Å². The molecule has 5 nitrogen and oxygen atoms in total. The molecule has 1 aliphatic rings. The first-order valence-electron chi connectivity index (χ1n) is 4.74. The smallest absolute Gasteiger partial charge is 0.347 e. The van der Waals surface area contributed by atoms with E-state index in [2.05, 4.69) is 11.6 Å². The summed E-state index contributed by atoms with van der Waals surface area (Å²) in [6.45, 7) is 4.19. The molecule has 1 aromatic rings. The Kier molecular flexibility index (Phi) is 2.74. The molecule has 0 saturated carbocycles. The summed E-state index contributed by atoms with van der Waals surface area (Å²) in [4.78, 5) is 27.9. The zero-order chi connectivity index (χ0) is 11.7. The monoisotopic (exact) mass is 238 g/mol. The van der Waals surface area contributed by atoms with Crippen LogP contribution in [0.15, 0.2) is 18.9 Å². The van der Waals surface area contributed by atoms with E-state index in [0.717, 1.165) is 11.3 Å². The van der Waals surface area contributed by atoms with Crippen molar-refractivity contribution in [1.29, 1.82) is 0 Å². The first-order valence-corrected chi connectivity index (χ1v) is 5.55. The van der Waals surface area contributed by atoms with Crippen molar-refractivity contribution in [2.75, 3.05) is 11.4 Å². The lowest BCUT2D eigenvalue weighted by molar-refractivity contribution is -0.117. The second-order valence-corrected chi connectivity index (χ2v) is 4.53. The average Bonchev–Trinajstić information content (AvgIpc) is 2.83. The topological polar surface area (TPSA) is 70.5 Å². The number of aromatic nitrogens is 1. The van der Waals surface area contributed by atoms with Crippen LogP contribution in [0.4, 0.5) is 5.13 Å². The van der Waals surface area contributed by atoms with Crippen molar-refractivity contribution in [3.63, 3.8) is 0 Å². The first kappa shape index (κ1) is 10.8. The maximum absolute atomic E-state index is 11.6. The van der Waals surface area contributed by atoms with Crippen molar-refractivity contribution in [2.24, 2.45) is 5.92 Å². The molecule has 1 N–H and O–H groups in total. The van der Waals surface area contributed by atoms with Gasteiger partial charge in [0, 0.05) is 18.9 Å².